The summed E-state index contributed by atoms with van der Waals surface area (Å²) in [7, 11) is 0. The Morgan fingerprint density at radius 3 is 2.09 bits per heavy atom. The molecule has 0 bridgehead atoms. The van der Waals surface area contributed by atoms with Gasteiger partial charge in [-0.15, -0.1) is 0 Å². The molecule has 3 atom stereocenters. The van der Waals surface area contributed by atoms with Gasteiger partial charge >= 0.3 is 0 Å². The largest absolute Gasteiger partial charge is 0.390 e. The van der Waals surface area contributed by atoms with Gasteiger partial charge in [-0.05, 0) is 38.0 Å². The molecule has 2 aliphatic carbocycles. The molecule has 2 aliphatic rings. The quantitative estimate of drug-likeness (QED) is 0.614. The minimum absolute atomic E-state index is 0.259. The maximum atomic E-state index is 10.1. The molecule has 2 saturated carbocycles. The molecule has 0 radical (unpaired) electrons. The van der Waals surface area contributed by atoms with Gasteiger partial charge in [0, 0.05) is 5.41 Å². The molecule has 1 nitrogen and oxygen atoms in total. The third-order valence-corrected chi connectivity index (χ3v) is 4.69. The van der Waals surface area contributed by atoms with Gasteiger partial charge in [0.05, 0.1) is 5.60 Å². The summed E-state index contributed by atoms with van der Waals surface area (Å²) < 4.78 is 0. The maximum absolute atomic E-state index is 10.1. The van der Waals surface area contributed by atoms with Crippen molar-refractivity contribution in [3.05, 3.63) is 0 Å². The number of rotatable bonds is 1. The normalized spacial score (nSPS) is 61.1. The first kappa shape index (κ1) is 7.60. The van der Waals surface area contributed by atoms with E-state index in [-0.39, 0.29) is 11.0 Å². The summed E-state index contributed by atoms with van der Waals surface area (Å²) in [6, 6.07) is 0. The average molecular weight is 154 g/mol. The van der Waals surface area contributed by atoms with Gasteiger partial charge in [-0.2, -0.15) is 0 Å². The van der Waals surface area contributed by atoms with Gasteiger partial charge in [-0.1, -0.05) is 13.8 Å². The molecular weight excluding hydrogens is 136 g/mol. The van der Waals surface area contributed by atoms with Crippen LogP contribution in [0.5, 0.6) is 0 Å². The Morgan fingerprint density at radius 2 is 1.91 bits per heavy atom. The molecule has 11 heavy (non-hydrogen) atoms. The molecule has 0 spiro atoms. The minimum atomic E-state index is -0.372. The standard InChI is InChI=1S/C10H18O/c1-4-10-6-5-9(3,11)8(10,2)7-10/h11H,4-7H2,1-3H3/t8-,9?,10-/m1/s1. The van der Waals surface area contributed by atoms with Crippen molar-refractivity contribution in [2.24, 2.45) is 10.8 Å². The molecule has 1 N–H and O–H groups in total. The number of fused-ring (bicyclic) bond motifs is 1. The highest BCUT2D eigenvalue weighted by Gasteiger charge is 2.74. The Kier molecular flexibility index (Phi) is 1.15. The van der Waals surface area contributed by atoms with Crippen molar-refractivity contribution in [1.82, 2.24) is 0 Å². The zero-order valence-electron chi connectivity index (χ0n) is 7.78. The van der Waals surface area contributed by atoms with E-state index >= 15 is 0 Å². The van der Waals surface area contributed by atoms with Crippen molar-refractivity contribution < 1.29 is 5.11 Å². The van der Waals surface area contributed by atoms with Crippen LogP contribution in [0, 0.1) is 10.8 Å². The molecule has 0 aliphatic heterocycles. The Hall–Kier alpha value is -0.0400. The summed E-state index contributed by atoms with van der Waals surface area (Å²) in [5, 5.41) is 10.1. The van der Waals surface area contributed by atoms with E-state index in [1.807, 2.05) is 6.92 Å². The predicted molar refractivity (Wildman–Crippen MR) is 45.3 cm³/mol. The number of hydrogen-bond donors (Lipinski definition) is 1. The van der Waals surface area contributed by atoms with Gasteiger partial charge < -0.3 is 5.11 Å². The van der Waals surface area contributed by atoms with Crippen LogP contribution in [0.2, 0.25) is 0 Å². The SMILES string of the molecule is CC[C@]12CCC(C)(O)[C@@]1(C)C2. The van der Waals surface area contributed by atoms with Gasteiger partial charge in [-0.25, -0.2) is 0 Å². The fourth-order valence-corrected chi connectivity index (χ4v) is 3.21. The Bertz CT molecular complexity index is 193. The summed E-state index contributed by atoms with van der Waals surface area (Å²) in [6.45, 7) is 6.52. The van der Waals surface area contributed by atoms with Crippen LogP contribution in [-0.4, -0.2) is 10.7 Å². The lowest BCUT2D eigenvalue weighted by molar-refractivity contribution is -0.000693. The topological polar surface area (TPSA) is 20.2 Å². The zero-order chi connectivity index (χ0) is 8.33. The lowest BCUT2D eigenvalue weighted by Gasteiger charge is -2.26. The van der Waals surface area contributed by atoms with Crippen molar-refractivity contribution in [2.75, 3.05) is 0 Å². The van der Waals surface area contributed by atoms with Crippen molar-refractivity contribution in [1.29, 1.82) is 0 Å². The minimum Gasteiger partial charge on any atom is -0.390 e. The molecule has 2 fully saturated rings. The van der Waals surface area contributed by atoms with Crippen molar-refractivity contribution >= 4 is 0 Å². The van der Waals surface area contributed by atoms with E-state index in [4.69, 9.17) is 0 Å². The molecule has 1 unspecified atom stereocenters. The first-order valence-corrected chi connectivity index (χ1v) is 4.70. The van der Waals surface area contributed by atoms with E-state index < -0.39 is 0 Å². The van der Waals surface area contributed by atoms with E-state index in [1.54, 1.807) is 0 Å². The lowest BCUT2D eigenvalue weighted by Crippen LogP contribution is -2.31. The van der Waals surface area contributed by atoms with E-state index in [1.165, 1.54) is 19.3 Å². The van der Waals surface area contributed by atoms with Crippen LogP contribution < -0.4 is 0 Å². The first-order valence-electron chi connectivity index (χ1n) is 4.70. The predicted octanol–water partition coefficient (Wildman–Crippen LogP) is 2.34. The van der Waals surface area contributed by atoms with E-state index in [0.29, 0.717) is 5.41 Å². The highest BCUT2D eigenvalue weighted by Crippen LogP contribution is 2.78. The second-order valence-electron chi connectivity index (χ2n) is 4.92. The summed E-state index contributed by atoms with van der Waals surface area (Å²) in [5.74, 6) is 0. The van der Waals surface area contributed by atoms with Crippen LogP contribution in [0.25, 0.3) is 0 Å². The number of hydrogen-bond acceptors (Lipinski definition) is 1. The highest BCUT2D eigenvalue weighted by atomic mass is 16.3. The zero-order valence-corrected chi connectivity index (χ0v) is 7.78. The smallest absolute Gasteiger partial charge is 0.0678 e. The molecule has 0 aromatic rings. The molecule has 0 aromatic heterocycles. The summed E-state index contributed by atoms with van der Waals surface area (Å²) in [6.07, 6.45) is 4.76. The summed E-state index contributed by atoms with van der Waals surface area (Å²) in [4.78, 5) is 0. The van der Waals surface area contributed by atoms with Crippen LogP contribution in [0.4, 0.5) is 0 Å². The molecule has 0 saturated heterocycles. The van der Waals surface area contributed by atoms with Gasteiger partial charge in [0.25, 0.3) is 0 Å². The first-order chi connectivity index (χ1) is 4.97. The summed E-state index contributed by atoms with van der Waals surface area (Å²) in [5.41, 5.74) is 0.411. The summed E-state index contributed by atoms with van der Waals surface area (Å²) >= 11 is 0. The van der Waals surface area contributed by atoms with Crippen molar-refractivity contribution in [3.8, 4) is 0 Å². The molecule has 2 rings (SSSR count). The Balaban J connectivity index is 2.29. The molecule has 0 heterocycles. The van der Waals surface area contributed by atoms with Gasteiger partial charge in [0.15, 0.2) is 0 Å². The average Bonchev–Trinajstić information content (AvgIpc) is 2.50. The Labute approximate surface area is 68.8 Å². The fraction of sp³-hybridized carbons (Fsp3) is 1.00. The third kappa shape index (κ3) is 0.618. The fourth-order valence-electron chi connectivity index (χ4n) is 3.21. The Morgan fingerprint density at radius 1 is 1.27 bits per heavy atom. The van der Waals surface area contributed by atoms with Crippen LogP contribution in [0.3, 0.4) is 0 Å². The monoisotopic (exact) mass is 154 g/mol. The second-order valence-corrected chi connectivity index (χ2v) is 4.92. The van der Waals surface area contributed by atoms with Gasteiger partial charge in [0.2, 0.25) is 0 Å². The van der Waals surface area contributed by atoms with Crippen LogP contribution in [0.1, 0.15) is 46.5 Å². The van der Waals surface area contributed by atoms with E-state index in [9.17, 15) is 5.11 Å². The van der Waals surface area contributed by atoms with Crippen LogP contribution >= 0.6 is 0 Å². The molecule has 1 heteroatoms. The van der Waals surface area contributed by atoms with Gasteiger partial charge in [-0.3, -0.25) is 0 Å². The van der Waals surface area contributed by atoms with E-state index in [0.717, 1.165) is 6.42 Å². The molecular formula is C10H18O. The van der Waals surface area contributed by atoms with Crippen LogP contribution in [-0.2, 0) is 0 Å². The van der Waals surface area contributed by atoms with E-state index in [2.05, 4.69) is 13.8 Å². The molecule has 0 aromatic carbocycles. The molecule has 0 amide bonds. The molecule has 64 valence electrons. The van der Waals surface area contributed by atoms with Crippen molar-refractivity contribution in [3.63, 3.8) is 0 Å². The van der Waals surface area contributed by atoms with Gasteiger partial charge in [0.1, 0.15) is 0 Å². The number of aliphatic hydroxyl groups is 1. The highest BCUT2D eigenvalue weighted by molar-refractivity contribution is 5.23. The maximum Gasteiger partial charge on any atom is 0.0678 e. The second kappa shape index (κ2) is 1.66. The van der Waals surface area contributed by atoms with Crippen LogP contribution in [0.15, 0.2) is 0 Å². The third-order valence-electron chi connectivity index (χ3n) is 4.69. The van der Waals surface area contributed by atoms with Crippen molar-refractivity contribution in [2.45, 2.75) is 52.1 Å². The lowest BCUT2D eigenvalue weighted by atomic mass is 9.86.